The lowest BCUT2D eigenvalue weighted by Crippen LogP contribution is -2.24. The Hall–Kier alpha value is 1.66. The molecule has 0 spiro atoms. The summed E-state index contributed by atoms with van der Waals surface area (Å²) in [7, 11) is 0. The molecule has 1 radical (unpaired) electrons. The minimum atomic E-state index is 0.0313. The summed E-state index contributed by atoms with van der Waals surface area (Å²) >= 11 is 25.3. The molecule has 0 atom stereocenters. The fourth-order valence-electron chi connectivity index (χ4n) is 7.97. The van der Waals surface area contributed by atoms with Gasteiger partial charge < -0.3 is 4.90 Å². The molecule has 9 rings (SSSR count). The molecule has 0 bridgehead atoms. The lowest BCUT2D eigenvalue weighted by atomic mass is 9.84. The van der Waals surface area contributed by atoms with Gasteiger partial charge in [0.1, 0.15) is 0 Å². The van der Waals surface area contributed by atoms with Crippen molar-refractivity contribution in [1.82, 2.24) is 0 Å². The highest BCUT2D eigenvalue weighted by Gasteiger charge is 2.51. The van der Waals surface area contributed by atoms with E-state index in [0.717, 1.165) is 13.1 Å². The van der Waals surface area contributed by atoms with Crippen LogP contribution in [0.5, 0.6) is 0 Å². The molecule has 0 amide bonds. The van der Waals surface area contributed by atoms with E-state index in [-0.39, 0.29) is 24.5 Å². The molecule has 3 aromatic carbocycles. The number of hydrogen-bond donors (Lipinski definition) is 0. The third kappa shape index (κ3) is 7.01. The summed E-state index contributed by atoms with van der Waals surface area (Å²) in [5, 5.41) is 0. The molecule has 1 nitrogen and oxygen atoms in total. The van der Waals surface area contributed by atoms with Gasteiger partial charge in [0, 0.05) is 71.8 Å². The van der Waals surface area contributed by atoms with Crippen LogP contribution in [0.3, 0.4) is 0 Å². The van der Waals surface area contributed by atoms with Crippen LogP contribution in [-0.4, -0.2) is 37.6 Å². The number of nitrogens with zero attached hydrogens (tertiary/aromatic N) is 1. The molecule has 0 fully saturated rings. The van der Waals surface area contributed by atoms with Gasteiger partial charge in [-0.2, -0.15) is 0 Å². The van der Waals surface area contributed by atoms with Crippen LogP contribution in [0.1, 0.15) is 114 Å². The molecule has 0 saturated heterocycles. The smallest absolute Gasteiger partial charge is 0.0700 e. The summed E-state index contributed by atoms with van der Waals surface area (Å²) in [5.41, 5.74) is 6.03. The molecule has 13 heteroatoms. The number of fused-ring (bicyclic) bond motifs is 6. The Kier molecular flexibility index (Phi) is 10.3. The predicted octanol–water partition coefficient (Wildman–Crippen LogP) is 17.2. The predicted molar refractivity (Wildman–Crippen MR) is 258 cm³/mol. The highest BCUT2D eigenvalue weighted by molar-refractivity contribution is 8.23. The Morgan fingerprint density at radius 1 is 0.370 bits per heavy atom. The quantitative estimate of drug-likeness (QED) is 0.216. The van der Waals surface area contributed by atoms with Crippen LogP contribution in [0.15, 0.2) is 70.9 Å². The van der Waals surface area contributed by atoms with Crippen LogP contribution in [0.25, 0.3) is 0 Å². The fraction of sp³-hybridized carbons (Fsp3) is 0.537. The van der Waals surface area contributed by atoms with E-state index in [2.05, 4.69) is 255 Å². The maximum absolute atomic E-state index is 2.66. The van der Waals surface area contributed by atoms with Crippen molar-refractivity contribution in [2.24, 2.45) is 0 Å². The molecule has 289 valence electrons. The first-order chi connectivity index (χ1) is 25.0. The van der Waals surface area contributed by atoms with Crippen LogP contribution in [-0.2, 0) is 0 Å². The molecule has 0 unspecified atom stereocenters. The van der Waals surface area contributed by atoms with Gasteiger partial charge in [-0.1, -0.05) is 0 Å². The first-order valence-electron chi connectivity index (χ1n) is 18.6. The van der Waals surface area contributed by atoms with Crippen molar-refractivity contribution in [2.75, 3.05) is 18.0 Å². The zero-order chi connectivity index (χ0) is 38.7. The third-order valence-electron chi connectivity index (χ3n) is 9.66. The SMILES string of the molecule is CCN(CC)c1c2c(c([C](c3c4c(cc5c3SC(C)(C)S5)SC(C)(C)S4)c3c4c(cc5c3SC(C)(C)S5)SC(C)(C)S4)c3c1SC(C)(C)S3)SC(C)(C)S2. The minimum Gasteiger partial charge on any atom is -0.370 e. The highest BCUT2D eigenvalue weighted by Crippen LogP contribution is 2.74. The van der Waals surface area contributed by atoms with Gasteiger partial charge in [-0.05, 0) is 126 Å². The zero-order valence-corrected chi connectivity index (χ0v) is 43.2. The number of hydrogen-bond acceptors (Lipinski definition) is 13. The van der Waals surface area contributed by atoms with Crippen molar-refractivity contribution in [3.05, 3.63) is 34.7 Å². The van der Waals surface area contributed by atoms with Gasteiger partial charge in [0.2, 0.25) is 0 Å². The third-order valence-corrected chi connectivity index (χ3v) is 26.4. The largest absolute Gasteiger partial charge is 0.370 e. The van der Waals surface area contributed by atoms with E-state index in [1.165, 1.54) is 87.0 Å². The van der Waals surface area contributed by atoms with Crippen molar-refractivity contribution in [3.8, 4) is 0 Å². The summed E-state index contributed by atoms with van der Waals surface area (Å²) in [6.07, 6.45) is 0. The van der Waals surface area contributed by atoms with Gasteiger partial charge in [-0.25, -0.2) is 0 Å². The van der Waals surface area contributed by atoms with Crippen LogP contribution >= 0.6 is 141 Å². The zero-order valence-electron chi connectivity index (χ0n) is 33.4. The van der Waals surface area contributed by atoms with E-state index in [1.54, 1.807) is 0 Å². The summed E-state index contributed by atoms with van der Waals surface area (Å²) < 4.78 is 0.331. The molecule has 54 heavy (non-hydrogen) atoms. The monoisotopic (exact) mass is 938 g/mol. The normalized spacial score (nSPS) is 23.7. The molecule has 6 aliphatic rings. The molecule has 0 aromatic heterocycles. The first-order valence-corrected chi connectivity index (χ1v) is 28.4. The van der Waals surface area contributed by atoms with Gasteiger partial charge in [0.15, 0.2) is 0 Å². The lowest BCUT2D eigenvalue weighted by Gasteiger charge is -2.32. The average molecular weight is 940 g/mol. The Balaban J connectivity index is 1.47. The Bertz CT molecular complexity index is 1920. The van der Waals surface area contributed by atoms with E-state index >= 15 is 0 Å². The molecule has 3 aromatic rings. The number of anilines is 1. The first kappa shape index (κ1) is 41.0. The van der Waals surface area contributed by atoms with Crippen LogP contribution in [0.2, 0.25) is 0 Å². The van der Waals surface area contributed by atoms with E-state index in [1.807, 2.05) is 0 Å². The fourth-order valence-corrected chi connectivity index (χ4v) is 25.4. The van der Waals surface area contributed by atoms with Crippen LogP contribution in [0, 0.1) is 5.92 Å². The van der Waals surface area contributed by atoms with Crippen molar-refractivity contribution >= 4 is 147 Å². The maximum atomic E-state index is 2.66. The molecule has 0 aliphatic carbocycles. The Morgan fingerprint density at radius 2 is 0.611 bits per heavy atom. The second-order valence-electron chi connectivity index (χ2n) is 17.0. The van der Waals surface area contributed by atoms with Gasteiger partial charge in [-0.3, -0.25) is 0 Å². The van der Waals surface area contributed by atoms with E-state index in [9.17, 15) is 0 Å². The minimum absolute atomic E-state index is 0.0313. The van der Waals surface area contributed by atoms with Crippen LogP contribution in [0.4, 0.5) is 5.69 Å². The Labute approximate surface area is 375 Å². The molecule has 0 saturated carbocycles. The van der Waals surface area contributed by atoms with Crippen molar-refractivity contribution < 1.29 is 0 Å². The summed E-state index contributed by atoms with van der Waals surface area (Å²) in [6, 6.07) is 5.12. The molecule has 6 aliphatic heterocycles. The van der Waals surface area contributed by atoms with Crippen molar-refractivity contribution in [3.63, 3.8) is 0 Å². The van der Waals surface area contributed by atoms with Gasteiger partial charge >= 0.3 is 0 Å². The summed E-state index contributed by atoms with van der Waals surface area (Å²) in [5.74, 6) is 1.51. The number of rotatable bonds is 6. The van der Waals surface area contributed by atoms with Crippen LogP contribution < -0.4 is 4.90 Å². The standard InChI is InChI=1S/C41H48NS12/c1-15-42(16-2)27-34-32(51-40(11,12)53-34)26(33-35(27)54-41(13,14)52-33)23(24-28-19(43-36(3,4)47-28)17-20-29(24)48-37(5,6)44-20)25-30-21(45-38(7,8)49-30)18-22-31(25)50-39(9,10)46-22/h17-18H,15-16H2,1-14H3. The van der Waals surface area contributed by atoms with Crippen molar-refractivity contribution in [1.29, 1.82) is 0 Å². The van der Waals surface area contributed by atoms with Gasteiger partial charge in [0.25, 0.3) is 0 Å². The van der Waals surface area contributed by atoms with Gasteiger partial charge in [-0.15, -0.1) is 141 Å². The van der Waals surface area contributed by atoms with E-state index in [4.69, 9.17) is 0 Å². The van der Waals surface area contributed by atoms with E-state index < -0.39 is 0 Å². The van der Waals surface area contributed by atoms with E-state index in [0.29, 0.717) is 0 Å². The molecular formula is C41H48NS12. The number of benzene rings is 3. The second-order valence-corrected chi connectivity index (χ2v) is 38.3. The van der Waals surface area contributed by atoms with Crippen molar-refractivity contribution in [2.45, 2.75) is 180 Å². The Morgan fingerprint density at radius 3 is 0.907 bits per heavy atom. The average Bonchev–Trinajstić information content (AvgIpc) is 3.82. The van der Waals surface area contributed by atoms with Gasteiger partial charge in [0.05, 0.1) is 36.1 Å². The second kappa shape index (κ2) is 13.6. The number of thioether (sulfide) groups is 12. The highest BCUT2D eigenvalue weighted by atomic mass is 32.2. The molecular weight excluding hydrogens is 891 g/mol. The lowest BCUT2D eigenvalue weighted by molar-refractivity contribution is 0.817. The summed E-state index contributed by atoms with van der Waals surface area (Å²) in [4.78, 5) is 20.6. The maximum Gasteiger partial charge on any atom is 0.0700 e. The molecule has 0 N–H and O–H groups in total. The topological polar surface area (TPSA) is 3.24 Å². The molecule has 6 heterocycles. The summed E-state index contributed by atoms with van der Waals surface area (Å²) in [6.45, 7) is 36.0.